The number of hydrogen-bond acceptors (Lipinski definition) is 5. The maximum Gasteiger partial charge on any atom is 0.276 e. The van der Waals surface area contributed by atoms with Gasteiger partial charge in [-0.3, -0.25) is 25.2 Å². The molecule has 0 radical (unpaired) electrons. The molecule has 3 aromatic rings. The molecule has 3 N–H and O–H groups in total. The van der Waals surface area contributed by atoms with Crippen LogP contribution in [-0.2, 0) is 21.2 Å². The van der Waals surface area contributed by atoms with Gasteiger partial charge in [0.1, 0.15) is 5.75 Å². The summed E-state index contributed by atoms with van der Waals surface area (Å²) >= 11 is 0. The minimum atomic E-state index is -3.47. The van der Waals surface area contributed by atoms with Crippen LogP contribution in [0.25, 0.3) is 0 Å². The van der Waals surface area contributed by atoms with E-state index in [1.165, 1.54) is 24.3 Å². The highest BCUT2D eigenvalue weighted by atomic mass is 32.2. The monoisotopic (exact) mass is 453 g/mol. The molecule has 0 atom stereocenters. The van der Waals surface area contributed by atoms with Gasteiger partial charge in [-0.2, -0.15) is 0 Å². The molecule has 0 aliphatic carbocycles. The highest BCUT2D eigenvalue weighted by molar-refractivity contribution is 7.92. The molecule has 2 amide bonds. The maximum absolute atomic E-state index is 12.3. The number of anilines is 1. The number of benzene rings is 3. The first-order valence-corrected chi connectivity index (χ1v) is 11.6. The van der Waals surface area contributed by atoms with Gasteiger partial charge in [-0.1, -0.05) is 54.6 Å². The highest BCUT2D eigenvalue weighted by Gasteiger charge is 2.11. The van der Waals surface area contributed by atoms with Crippen LogP contribution in [0.2, 0.25) is 0 Å². The molecule has 0 spiro atoms. The summed E-state index contributed by atoms with van der Waals surface area (Å²) in [5.41, 5.74) is 7.04. The Balaban J connectivity index is 1.53. The van der Waals surface area contributed by atoms with Crippen molar-refractivity contribution in [3.05, 3.63) is 95.6 Å². The second kappa shape index (κ2) is 10.5. The largest absolute Gasteiger partial charge is 0.483 e. The van der Waals surface area contributed by atoms with Crippen molar-refractivity contribution in [2.75, 3.05) is 17.6 Å². The molecule has 0 saturated carbocycles. The molecule has 0 unspecified atom stereocenters. The van der Waals surface area contributed by atoms with Crippen molar-refractivity contribution in [1.29, 1.82) is 0 Å². The van der Waals surface area contributed by atoms with Crippen molar-refractivity contribution in [2.45, 2.75) is 6.42 Å². The topological polar surface area (TPSA) is 114 Å². The molecule has 32 heavy (non-hydrogen) atoms. The molecule has 0 aromatic heterocycles. The summed E-state index contributed by atoms with van der Waals surface area (Å²) in [4.78, 5) is 24.4. The highest BCUT2D eigenvalue weighted by Crippen LogP contribution is 2.21. The van der Waals surface area contributed by atoms with Crippen LogP contribution in [0.15, 0.2) is 78.9 Å². The minimum absolute atomic E-state index is 0.174. The number of carbonyl (C=O) groups excluding carboxylic acids is 2. The molecular formula is C23H23N3O5S. The van der Waals surface area contributed by atoms with Gasteiger partial charge < -0.3 is 4.74 Å². The number of nitrogens with one attached hydrogen (secondary N) is 3. The zero-order valence-corrected chi connectivity index (χ0v) is 18.2. The lowest BCUT2D eigenvalue weighted by molar-refractivity contribution is -0.123. The number of sulfonamides is 1. The fourth-order valence-electron chi connectivity index (χ4n) is 2.92. The Bertz CT molecular complexity index is 1200. The summed E-state index contributed by atoms with van der Waals surface area (Å²) in [7, 11) is -3.47. The van der Waals surface area contributed by atoms with Crippen LogP contribution in [-0.4, -0.2) is 33.1 Å². The van der Waals surface area contributed by atoms with Gasteiger partial charge in [-0.15, -0.1) is 0 Å². The average molecular weight is 454 g/mol. The van der Waals surface area contributed by atoms with Gasteiger partial charge in [0.05, 0.1) is 6.26 Å². The van der Waals surface area contributed by atoms with Crippen LogP contribution < -0.4 is 20.3 Å². The Labute approximate surface area is 186 Å². The van der Waals surface area contributed by atoms with E-state index < -0.39 is 21.8 Å². The van der Waals surface area contributed by atoms with Crippen molar-refractivity contribution >= 4 is 27.5 Å². The summed E-state index contributed by atoms with van der Waals surface area (Å²) < 4.78 is 30.6. The van der Waals surface area contributed by atoms with E-state index in [2.05, 4.69) is 15.6 Å². The second-order valence-corrected chi connectivity index (χ2v) is 8.76. The summed E-state index contributed by atoms with van der Waals surface area (Å²) in [6.45, 7) is -0.290. The first-order valence-electron chi connectivity index (χ1n) is 9.72. The predicted octanol–water partition coefficient (Wildman–Crippen LogP) is 2.49. The quantitative estimate of drug-likeness (QED) is 0.454. The van der Waals surface area contributed by atoms with E-state index in [0.29, 0.717) is 12.2 Å². The predicted molar refractivity (Wildman–Crippen MR) is 122 cm³/mol. The molecular weight excluding hydrogens is 430 g/mol. The number of para-hydroxylation sites is 1. The van der Waals surface area contributed by atoms with E-state index >= 15 is 0 Å². The molecule has 0 aliphatic rings. The molecule has 3 aromatic carbocycles. The van der Waals surface area contributed by atoms with Crippen molar-refractivity contribution in [3.8, 4) is 5.75 Å². The molecule has 0 bridgehead atoms. The molecule has 0 aliphatic heterocycles. The Hall–Kier alpha value is -3.85. The standard InChI is InChI=1S/C23H23N3O5S/c1-32(29,30)26-20-12-7-11-19(15-20)23(28)25-24-22(27)16-31-21-13-6-5-10-18(21)14-17-8-3-2-4-9-17/h2-13,15,26H,14,16H2,1H3,(H,24,27)(H,25,28). The van der Waals surface area contributed by atoms with Gasteiger partial charge in [0.25, 0.3) is 11.8 Å². The minimum Gasteiger partial charge on any atom is -0.483 e. The Kier molecular flexibility index (Phi) is 7.45. The van der Waals surface area contributed by atoms with Crippen molar-refractivity contribution in [2.24, 2.45) is 0 Å². The Morgan fingerprint density at radius 3 is 2.34 bits per heavy atom. The second-order valence-electron chi connectivity index (χ2n) is 7.02. The van der Waals surface area contributed by atoms with E-state index in [-0.39, 0.29) is 17.9 Å². The summed E-state index contributed by atoms with van der Waals surface area (Å²) in [5, 5.41) is 0. The zero-order chi connectivity index (χ0) is 23.0. The van der Waals surface area contributed by atoms with Crippen LogP contribution in [0.5, 0.6) is 5.75 Å². The number of hydrogen-bond donors (Lipinski definition) is 3. The van der Waals surface area contributed by atoms with Crippen molar-refractivity contribution in [3.63, 3.8) is 0 Å². The molecule has 166 valence electrons. The van der Waals surface area contributed by atoms with Gasteiger partial charge in [-0.25, -0.2) is 8.42 Å². The third kappa shape index (κ3) is 7.13. The van der Waals surface area contributed by atoms with E-state index in [4.69, 9.17) is 4.74 Å². The number of carbonyl (C=O) groups is 2. The van der Waals surface area contributed by atoms with Gasteiger partial charge in [-0.05, 0) is 35.4 Å². The third-order valence-corrected chi connectivity index (χ3v) is 4.92. The first-order chi connectivity index (χ1) is 15.3. The summed E-state index contributed by atoms with van der Waals surface area (Å²) in [6, 6.07) is 23.2. The summed E-state index contributed by atoms with van der Waals surface area (Å²) in [6.07, 6.45) is 1.67. The zero-order valence-electron chi connectivity index (χ0n) is 17.4. The van der Waals surface area contributed by atoms with Gasteiger partial charge >= 0.3 is 0 Å². The molecule has 3 rings (SSSR count). The lowest BCUT2D eigenvalue weighted by atomic mass is 10.0. The van der Waals surface area contributed by atoms with Crippen LogP contribution in [0, 0.1) is 0 Å². The van der Waals surface area contributed by atoms with Gasteiger partial charge in [0, 0.05) is 17.7 Å². The van der Waals surface area contributed by atoms with Crippen molar-refractivity contribution in [1.82, 2.24) is 10.9 Å². The Morgan fingerprint density at radius 1 is 0.875 bits per heavy atom. The van der Waals surface area contributed by atoms with Crippen LogP contribution in [0.3, 0.4) is 0 Å². The average Bonchev–Trinajstić information content (AvgIpc) is 2.76. The lowest BCUT2D eigenvalue weighted by Crippen LogP contribution is -2.43. The fraction of sp³-hybridized carbons (Fsp3) is 0.130. The number of hydrazine groups is 1. The fourth-order valence-corrected chi connectivity index (χ4v) is 3.48. The molecule has 0 heterocycles. The molecule has 8 nitrogen and oxygen atoms in total. The molecule has 0 saturated heterocycles. The normalized spacial score (nSPS) is 10.8. The Morgan fingerprint density at radius 2 is 1.59 bits per heavy atom. The number of ether oxygens (including phenoxy) is 1. The number of amides is 2. The third-order valence-electron chi connectivity index (χ3n) is 4.31. The van der Waals surface area contributed by atoms with Gasteiger partial charge in [0.2, 0.25) is 10.0 Å². The van der Waals surface area contributed by atoms with E-state index in [1.807, 2.05) is 48.5 Å². The first kappa shape index (κ1) is 22.8. The van der Waals surface area contributed by atoms with Crippen molar-refractivity contribution < 1.29 is 22.7 Å². The number of rotatable bonds is 8. The molecule has 0 fully saturated rings. The summed E-state index contributed by atoms with van der Waals surface area (Å²) in [5.74, 6) is -0.560. The van der Waals surface area contributed by atoms with E-state index in [9.17, 15) is 18.0 Å². The van der Waals surface area contributed by atoms with Crippen LogP contribution in [0.4, 0.5) is 5.69 Å². The van der Waals surface area contributed by atoms with Crippen LogP contribution >= 0.6 is 0 Å². The SMILES string of the molecule is CS(=O)(=O)Nc1cccc(C(=O)NNC(=O)COc2ccccc2Cc2ccccc2)c1. The van der Waals surface area contributed by atoms with Gasteiger partial charge in [0.15, 0.2) is 6.61 Å². The van der Waals surface area contributed by atoms with E-state index in [1.54, 1.807) is 6.07 Å². The smallest absolute Gasteiger partial charge is 0.276 e. The van der Waals surface area contributed by atoms with Crippen LogP contribution in [0.1, 0.15) is 21.5 Å². The lowest BCUT2D eigenvalue weighted by Gasteiger charge is -2.12. The maximum atomic E-state index is 12.3. The van der Waals surface area contributed by atoms with E-state index in [0.717, 1.165) is 17.4 Å². The molecule has 9 heteroatoms.